The molecular formula is C21H23BFNO2. The lowest BCUT2D eigenvalue weighted by Gasteiger charge is -2.43. The van der Waals surface area contributed by atoms with Crippen LogP contribution in [0.25, 0.3) is 0 Å². The quantitative estimate of drug-likeness (QED) is 0.610. The van der Waals surface area contributed by atoms with Crippen LogP contribution in [-0.2, 0) is 10.3 Å². The summed E-state index contributed by atoms with van der Waals surface area (Å²) in [7, 11) is 2.04. The van der Waals surface area contributed by atoms with Gasteiger partial charge in [0.2, 0.25) is 0 Å². The topological polar surface area (TPSA) is 29.5 Å². The molecule has 1 saturated heterocycles. The normalized spacial score (nSPS) is 21.2. The van der Waals surface area contributed by atoms with E-state index in [0.717, 1.165) is 16.6 Å². The molecule has 1 aliphatic heterocycles. The minimum atomic E-state index is -0.782. The maximum Gasteiger partial charge on any atom is 0.411 e. The molecule has 1 heterocycles. The van der Waals surface area contributed by atoms with Crippen molar-refractivity contribution in [3.8, 4) is 0 Å². The van der Waals surface area contributed by atoms with Crippen molar-refractivity contribution >= 4 is 19.4 Å². The molecule has 3 nitrogen and oxygen atoms in total. The Hall–Kier alpha value is -2.56. The second kappa shape index (κ2) is 7.36. The van der Waals surface area contributed by atoms with Crippen LogP contribution in [0.3, 0.4) is 0 Å². The van der Waals surface area contributed by atoms with Crippen LogP contribution < -0.4 is 5.46 Å². The first-order chi connectivity index (χ1) is 12.4. The highest BCUT2D eigenvalue weighted by Gasteiger charge is 2.42. The molecule has 0 saturated carbocycles. The lowest BCUT2D eigenvalue weighted by atomic mass is 9.85. The van der Waals surface area contributed by atoms with Crippen molar-refractivity contribution in [2.75, 3.05) is 6.54 Å². The third-order valence-corrected chi connectivity index (χ3v) is 5.11. The monoisotopic (exact) mass is 351 g/mol. The van der Waals surface area contributed by atoms with Gasteiger partial charge >= 0.3 is 6.09 Å². The summed E-state index contributed by atoms with van der Waals surface area (Å²) in [5.41, 5.74) is 2.26. The Labute approximate surface area is 154 Å². The molecular weight excluding hydrogens is 328 g/mol. The fourth-order valence-corrected chi connectivity index (χ4v) is 3.58. The van der Waals surface area contributed by atoms with Crippen molar-refractivity contribution in [2.24, 2.45) is 0 Å². The molecule has 1 aliphatic rings. The SMILES string of the molecule is Bc1cccc([C@H](C)N2CC[C@](CC=C)(c3ccc(F)cc3)OC2=O)c1. The Balaban J connectivity index is 1.84. The molecule has 0 unspecified atom stereocenters. The maximum absolute atomic E-state index is 13.3. The van der Waals surface area contributed by atoms with Crippen LogP contribution in [0.1, 0.15) is 36.9 Å². The number of halogens is 1. The van der Waals surface area contributed by atoms with Crippen LogP contribution in [0.2, 0.25) is 0 Å². The number of hydrogen-bond acceptors (Lipinski definition) is 2. The molecule has 2 aromatic carbocycles. The minimum Gasteiger partial charge on any atom is -0.437 e. The molecule has 0 radical (unpaired) electrons. The summed E-state index contributed by atoms with van der Waals surface area (Å²) in [5.74, 6) is -0.306. The van der Waals surface area contributed by atoms with E-state index >= 15 is 0 Å². The van der Waals surface area contributed by atoms with Gasteiger partial charge in [0.05, 0.1) is 6.04 Å². The standard InChI is InChI=1S/C21H23BFNO2/c1-3-11-21(17-7-9-19(23)10-8-17)12-13-24(20(25)26-21)15(2)16-5-4-6-18(22)14-16/h3-10,14-15H,1,11-13,22H2,2H3/t15-,21+/m0/s1. The van der Waals surface area contributed by atoms with E-state index in [2.05, 4.69) is 12.6 Å². The molecule has 5 heteroatoms. The summed E-state index contributed by atoms with van der Waals surface area (Å²) in [6, 6.07) is 14.2. The number of benzene rings is 2. The molecule has 0 bridgehead atoms. The fraction of sp³-hybridized carbons (Fsp3) is 0.286. The average Bonchev–Trinajstić information content (AvgIpc) is 2.62. The summed E-state index contributed by atoms with van der Waals surface area (Å²) >= 11 is 0. The Morgan fingerprint density at radius 1 is 1.35 bits per heavy atom. The van der Waals surface area contributed by atoms with E-state index < -0.39 is 5.60 Å². The van der Waals surface area contributed by atoms with Gasteiger partial charge in [0.25, 0.3) is 0 Å². The number of amides is 1. The number of hydrogen-bond donors (Lipinski definition) is 0. The third kappa shape index (κ3) is 3.52. The van der Waals surface area contributed by atoms with Gasteiger partial charge in [-0.25, -0.2) is 9.18 Å². The van der Waals surface area contributed by atoms with E-state index in [9.17, 15) is 9.18 Å². The zero-order valence-corrected chi connectivity index (χ0v) is 15.2. The first-order valence-corrected chi connectivity index (χ1v) is 8.88. The summed E-state index contributed by atoms with van der Waals surface area (Å²) in [6.45, 7) is 6.38. The van der Waals surface area contributed by atoms with Crippen LogP contribution in [-0.4, -0.2) is 25.4 Å². The molecule has 0 aliphatic carbocycles. The Morgan fingerprint density at radius 2 is 2.08 bits per heavy atom. The smallest absolute Gasteiger partial charge is 0.411 e. The van der Waals surface area contributed by atoms with Gasteiger partial charge in [0.1, 0.15) is 19.3 Å². The van der Waals surface area contributed by atoms with Crippen LogP contribution in [0.4, 0.5) is 9.18 Å². The van der Waals surface area contributed by atoms with Crippen LogP contribution in [0.15, 0.2) is 61.2 Å². The van der Waals surface area contributed by atoms with Gasteiger partial charge < -0.3 is 9.64 Å². The summed E-state index contributed by atoms with van der Waals surface area (Å²) in [5, 5.41) is 0. The number of carbonyl (C=O) groups is 1. The second-order valence-electron chi connectivity index (χ2n) is 6.90. The van der Waals surface area contributed by atoms with Gasteiger partial charge in [-0.3, -0.25) is 0 Å². The predicted molar refractivity (Wildman–Crippen MR) is 104 cm³/mol. The van der Waals surface area contributed by atoms with Crippen LogP contribution in [0, 0.1) is 5.82 Å². The van der Waals surface area contributed by atoms with Gasteiger partial charge in [-0.05, 0) is 30.2 Å². The van der Waals surface area contributed by atoms with E-state index in [1.165, 1.54) is 12.1 Å². The first kappa shape index (κ1) is 18.2. The zero-order chi connectivity index (χ0) is 18.7. The molecule has 0 N–H and O–H groups in total. The minimum absolute atomic E-state index is 0.0719. The number of rotatable bonds is 5. The molecule has 1 amide bonds. The largest absolute Gasteiger partial charge is 0.437 e. The van der Waals surface area contributed by atoms with Gasteiger partial charge in [-0.15, -0.1) is 6.58 Å². The van der Waals surface area contributed by atoms with Crippen molar-refractivity contribution in [1.29, 1.82) is 0 Å². The lowest BCUT2D eigenvalue weighted by molar-refractivity contribution is -0.0588. The van der Waals surface area contributed by atoms with Crippen molar-refractivity contribution in [1.82, 2.24) is 4.90 Å². The Morgan fingerprint density at radius 3 is 2.69 bits per heavy atom. The van der Waals surface area contributed by atoms with Gasteiger partial charge in [0, 0.05) is 19.4 Å². The zero-order valence-electron chi connectivity index (χ0n) is 15.2. The summed E-state index contributed by atoms with van der Waals surface area (Å²) in [4.78, 5) is 14.6. The highest BCUT2D eigenvalue weighted by atomic mass is 19.1. The number of carbonyl (C=O) groups excluding carboxylic acids is 1. The predicted octanol–water partition coefficient (Wildman–Crippen LogP) is 3.46. The van der Waals surface area contributed by atoms with Crippen LogP contribution in [0.5, 0.6) is 0 Å². The molecule has 0 aromatic heterocycles. The maximum atomic E-state index is 13.3. The molecule has 3 rings (SSSR count). The molecule has 2 aromatic rings. The molecule has 26 heavy (non-hydrogen) atoms. The van der Waals surface area contributed by atoms with Gasteiger partial charge in [-0.2, -0.15) is 0 Å². The molecule has 0 spiro atoms. The van der Waals surface area contributed by atoms with E-state index in [-0.39, 0.29) is 18.0 Å². The number of nitrogens with zero attached hydrogens (tertiary/aromatic N) is 1. The molecule has 1 fully saturated rings. The molecule has 2 atom stereocenters. The second-order valence-corrected chi connectivity index (χ2v) is 6.90. The van der Waals surface area contributed by atoms with Gasteiger partial charge in [0.15, 0.2) is 0 Å². The Bertz CT molecular complexity index is 808. The Kier molecular flexibility index (Phi) is 5.17. The van der Waals surface area contributed by atoms with Crippen LogP contribution >= 0.6 is 0 Å². The van der Waals surface area contributed by atoms with Crippen molar-refractivity contribution in [3.63, 3.8) is 0 Å². The molecule has 134 valence electrons. The average molecular weight is 351 g/mol. The summed E-state index contributed by atoms with van der Waals surface area (Å²) < 4.78 is 19.2. The summed E-state index contributed by atoms with van der Waals surface area (Å²) in [6.07, 6.45) is 2.52. The lowest BCUT2D eigenvalue weighted by Crippen LogP contribution is -2.48. The first-order valence-electron chi connectivity index (χ1n) is 8.88. The number of cyclic esters (lactones) is 1. The highest BCUT2D eigenvalue weighted by molar-refractivity contribution is 6.32. The number of ether oxygens (including phenoxy) is 1. The van der Waals surface area contributed by atoms with Crippen molar-refractivity contribution in [2.45, 2.75) is 31.4 Å². The van der Waals surface area contributed by atoms with Crippen molar-refractivity contribution in [3.05, 3.63) is 78.1 Å². The van der Waals surface area contributed by atoms with E-state index in [0.29, 0.717) is 19.4 Å². The third-order valence-electron chi connectivity index (χ3n) is 5.11. The van der Waals surface area contributed by atoms with Crippen molar-refractivity contribution < 1.29 is 13.9 Å². The van der Waals surface area contributed by atoms with E-state index in [4.69, 9.17) is 4.74 Å². The van der Waals surface area contributed by atoms with E-state index in [1.54, 1.807) is 23.1 Å². The highest BCUT2D eigenvalue weighted by Crippen LogP contribution is 2.39. The van der Waals surface area contributed by atoms with Gasteiger partial charge in [-0.1, -0.05) is 47.9 Å². The fourth-order valence-electron chi connectivity index (χ4n) is 3.58. The van der Waals surface area contributed by atoms with E-state index in [1.807, 2.05) is 33.0 Å².